The highest BCUT2D eigenvalue weighted by Crippen LogP contribution is 2.36. The number of rotatable bonds is 7. The van der Waals surface area contributed by atoms with Gasteiger partial charge < -0.3 is 19.7 Å². The van der Waals surface area contributed by atoms with Crippen LogP contribution in [-0.2, 0) is 22.4 Å². The van der Waals surface area contributed by atoms with E-state index in [-0.39, 0.29) is 24.4 Å². The third-order valence-corrected chi connectivity index (χ3v) is 6.10. The molecular weight excluding hydrogens is 411 g/mol. The number of carboxylic acids is 1. The van der Waals surface area contributed by atoms with Crippen LogP contribution >= 0.6 is 0 Å². The van der Waals surface area contributed by atoms with Crippen LogP contribution in [0.15, 0.2) is 42.5 Å². The lowest BCUT2D eigenvalue weighted by atomic mass is 9.91. The zero-order chi connectivity index (χ0) is 22.8. The number of carboxylic acid groups (broad SMARTS) is 1. The maximum absolute atomic E-state index is 14.0. The first-order valence-electron chi connectivity index (χ1n) is 10.9. The highest BCUT2D eigenvalue weighted by Gasteiger charge is 2.31. The lowest BCUT2D eigenvalue weighted by Crippen LogP contribution is -2.41. The number of fused-ring (bicyclic) bond motifs is 3. The molecular formula is C25H27FN2O4. The molecule has 0 aliphatic heterocycles. The number of nitrogens with zero attached hydrogens (tertiary/aromatic N) is 1. The van der Waals surface area contributed by atoms with Crippen LogP contribution in [0, 0.1) is 12.7 Å². The van der Waals surface area contributed by atoms with Gasteiger partial charge in [-0.25, -0.2) is 9.18 Å². The van der Waals surface area contributed by atoms with Crippen molar-refractivity contribution in [3.63, 3.8) is 0 Å². The average Bonchev–Trinajstić information content (AvgIpc) is 3.07. The normalized spacial score (nSPS) is 16.4. The van der Waals surface area contributed by atoms with E-state index in [1.54, 1.807) is 6.07 Å². The molecule has 0 spiro atoms. The van der Waals surface area contributed by atoms with Crippen LogP contribution in [-0.4, -0.2) is 34.2 Å². The number of carbonyl (C=O) groups is 2. The molecule has 4 rings (SSSR count). The second-order valence-electron chi connectivity index (χ2n) is 8.33. The van der Waals surface area contributed by atoms with Gasteiger partial charge in [0.25, 0.3) is 5.91 Å². The Kier molecular flexibility index (Phi) is 6.17. The van der Waals surface area contributed by atoms with E-state index in [1.807, 2.05) is 42.7 Å². The van der Waals surface area contributed by atoms with Crippen molar-refractivity contribution in [1.82, 2.24) is 9.88 Å². The molecule has 2 aromatic carbocycles. The molecule has 1 aromatic heterocycles. The van der Waals surface area contributed by atoms with Crippen molar-refractivity contribution in [3.8, 4) is 5.75 Å². The third kappa shape index (κ3) is 4.33. The van der Waals surface area contributed by atoms with Crippen molar-refractivity contribution in [2.45, 2.75) is 51.6 Å². The van der Waals surface area contributed by atoms with E-state index in [9.17, 15) is 19.1 Å². The Hall–Kier alpha value is -3.35. The molecule has 168 valence electrons. The van der Waals surface area contributed by atoms with Crippen LogP contribution in [0.4, 0.5) is 4.39 Å². The highest BCUT2D eigenvalue weighted by atomic mass is 19.1. The van der Waals surface area contributed by atoms with Crippen LogP contribution in [0.1, 0.15) is 42.6 Å². The van der Waals surface area contributed by atoms with Crippen LogP contribution in [0.25, 0.3) is 10.9 Å². The number of aryl methyl sites for hydroxylation is 1. The number of nitrogens with one attached hydrogen (secondary N) is 1. The Bertz CT molecular complexity index is 1150. The van der Waals surface area contributed by atoms with Gasteiger partial charge in [-0.3, -0.25) is 4.79 Å². The number of amides is 1. The molecule has 6 nitrogen and oxygen atoms in total. The van der Waals surface area contributed by atoms with Crippen LogP contribution in [0.5, 0.6) is 5.75 Å². The van der Waals surface area contributed by atoms with E-state index < -0.39 is 12.0 Å². The molecule has 2 atom stereocenters. The molecule has 1 heterocycles. The van der Waals surface area contributed by atoms with Crippen LogP contribution in [0.3, 0.4) is 0 Å². The second kappa shape index (κ2) is 9.02. The van der Waals surface area contributed by atoms with Crippen molar-refractivity contribution in [3.05, 3.63) is 65.1 Å². The number of hydrogen-bond acceptors (Lipinski definition) is 3. The number of carbonyl (C=O) groups excluding carboxylic acids is 1. The molecule has 1 aliphatic rings. The summed E-state index contributed by atoms with van der Waals surface area (Å²) in [7, 11) is 0. The Morgan fingerprint density at radius 3 is 2.69 bits per heavy atom. The van der Waals surface area contributed by atoms with Gasteiger partial charge in [-0.1, -0.05) is 24.6 Å². The minimum absolute atomic E-state index is 0.0836. The lowest BCUT2D eigenvalue weighted by molar-refractivity contribution is -0.141. The minimum atomic E-state index is -0.903. The average molecular weight is 438 g/mol. The molecule has 1 unspecified atom stereocenters. The number of ether oxygens (including phenoxy) is 1. The Labute approximate surface area is 186 Å². The maximum Gasteiger partial charge on any atom is 0.326 e. The quantitative estimate of drug-likeness (QED) is 0.580. The van der Waals surface area contributed by atoms with E-state index in [2.05, 4.69) is 5.32 Å². The molecule has 3 aromatic rings. The fourth-order valence-electron chi connectivity index (χ4n) is 4.56. The summed E-state index contributed by atoms with van der Waals surface area (Å²) in [6, 6.07) is 11.1. The number of hydrogen-bond donors (Lipinski definition) is 2. The van der Waals surface area contributed by atoms with Gasteiger partial charge in [0, 0.05) is 22.6 Å². The molecule has 1 amide bonds. The first-order chi connectivity index (χ1) is 15.4. The van der Waals surface area contributed by atoms with Gasteiger partial charge in [0.1, 0.15) is 17.6 Å². The molecule has 0 saturated carbocycles. The third-order valence-electron chi connectivity index (χ3n) is 6.10. The van der Waals surface area contributed by atoms with Gasteiger partial charge >= 0.3 is 5.97 Å². The van der Waals surface area contributed by atoms with E-state index >= 15 is 0 Å². The minimum Gasteiger partial charge on any atom is -0.484 e. The Morgan fingerprint density at radius 1 is 1.25 bits per heavy atom. The molecule has 0 bridgehead atoms. The van der Waals surface area contributed by atoms with Crippen molar-refractivity contribution in [1.29, 1.82) is 0 Å². The summed E-state index contributed by atoms with van der Waals surface area (Å²) in [5.41, 5.74) is 3.67. The van der Waals surface area contributed by atoms with E-state index in [0.29, 0.717) is 31.4 Å². The fraction of sp³-hybridized carbons (Fsp3) is 0.360. The van der Waals surface area contributed by atoms with Crippen molar-refractivity contribution in [2.75, 3.05) is 6.61 Å². The highest BCUT2D eigenvalue weighted by molar-refractivity contribution is 5.88. The van der Waals surface area contributed by atoms with E-state index in [0.717, 1.165) is 27.7 Å². The smallest absolute Gasteiger partial charge is 0.326 e. The summed E-state index contributed by atoms with van der Waals surface area (Å²) in [5.74, 6) is -0.848. The van der Waals surface area contributed by atoms with Crippen molar-refractivity contribution < 1.29 is 23.8 Å². The molecule has 2 N–H and O–H groups in total. The number of aliphatic carboxylic acids is 1. The molecule has 0 fully saturated rings. The monoisotopic (exact) mass is 438 g/mol. The van der Waals surface area contributed by atoms with Gasteiger partial charge in [-0.2, -0.15) is 0 Å². The number of benzene rings is 2. The van der Waals surface area contributed by atoms with Gasteiger partial charge in [-0.05, 0) is 68.5 Å². The summed E-state index contributed by atoms with van der Waals surface area (Å²) in [4.78, 5) is 24.3. The maximum atomic E-state index is 14.0. The van der Waals surface area contributed by atoms with Crippen molar-refractivity contribution in [2.24, 2.45) is 0 Å². The van der Waals surface area contributed by atoms with Gasteiger partial charge in [0.2, 0.25) is 0 Å². The molecule has 1 aliphatic carbocycles. The summed E-state index contributed by atoms with van der Waals surface area (Å²) in [6.45, 7) is 3.73. The molecule has 7 heteroatoms. The van der Waals surface area contributed by atoms with Gasteiger partial charge in [0.05, 0.1) is 0 Å². The zero-order valence-electron chi connectivity index (χ0n) is 18.2. The van der Waals surface area contributed by atoms with Crippen LogP contribution < -0.4 is 10.1 Å². The first-order valence-corrected chi connectivity index (χ1v) is 10.9. The zero-order valence-corrected chi connectivity index (χ0v) is 18.2. The van der Waals surface area contributed by atoms with E-state index in [1.165, 1.54) is 12.1 Å². The molecule has 0 radical (unpaired) electrons. The second-order valence-corrected chi connectivity index (χ2v) is 8.33. The number of halogens is 1. The van der Waals surface area contributed by atoms with Crippen LogP contribution in [0.2, 0.25) is 0 Å². The summed E-state index contributed by atoms with van der Waals surface area (Å²) in [5, 5.41) is 13.5. The SMILES string of the molecule is CCC(C(=O)O)n1c2c(c3cc(F)ccc31)C[C@H](NC(=O)COc1ccc(C)cc1)CC2. The lowest BCUT2D eigenvalue weighted by Gasteiger charge is -2.26. The Morgan fingerprint density at radius 2 is 2.00 bits per heavy atom. The van der Waals surface area contributed by atoms with E-state index in [4.69, 9.17) is 4.74 Å². The Balaban J connectivity index is 1.53. The largest absolute Gasteiger partial charge is 0.484 e. The summed E-state index contributed by atoms with van der Waals surface area (Å²) in [6.07, 6.45) is 2.24. The van der Waals surface area contributed by atoms with Crippen molar-refractivity contribution >= 4 is 22.8 Å². The van der Waals surface area contributed by atoms with Gasteiger partial charge in [-0.15, -0.1) is 0 Å². The molecule has 0 saturated heterocycles. The topological polar surface area (TPSA) is 80.6 Å². The standard InChI is InChI=1S/C25H27FN2O4/c1-3-21(25(30)31)28-22-10-6-16(26)12-19(22)20-13-17(7-11-23(20)28)27-24(29)14-32-18-8-4-15(2)5-9-18/h4-6,8-10,12,17,21H,3,7,11,13-14H2,1-2H3,(H,27,29)(H,30,31)/t17-,21?/m1/s1. The fourth-order valence-corrected chi connectivity index (χ4v) is 4.56. The summed E-state index contributed by atoms with van der Waals surface area (Å²) < 4.78 is 21.4. The first kappa shape index (κ1) is 21.9. The van der Waals surface area contributed by atoms with Gasteiger partial charge in [0.15, 0.2) is 6.61 Å². The molecule has 32 heavy (non-hydrogen) atoms. The summed E-state index contributed by atoms with van der Waals surface area (Å²) >= 11 is 0. The number of aromatic nitrogens is 1. The predicted octanol–water partition coefficient (Wildman–Crippen LogP) is 4.18. The predicted molar refractivity (Wildman–Crippen MR) is 119 cm³/mol.